The molecule has 4 aromatic rings. The van der Waals surface area contributed by atoms with Gasteiger partial charge in [-0.3, -0.25) is 13.9 Å². The first-order chi connectivity index (χ1) is 21.5. The predicted molar refractivity (Wildman–Crippen MR) is 181 cm³/mol. The Bertz CT molecular complexity index is 1740. The predicted octanol–water partition coefficient (Wildman–Crippen LogP) is 7.32. The third-order valence-corrected chi connectivity index (χ3v) is 9.97. The van der Waals surface area contributed by atoms with E-state index in [-0.39, 0.29) is 39.5 Å². The molecule has 0 saturated heterocycles. The molecule has 4 aromatic carbocycles. The van der Waals surface area contributed by atoms with E-state index >= 15 is 0 Å². The molecule has 236 valence electrons. The first kappa shape index (κ1) is 34.3. The minimum absolute atomic E-state index is 0.00185. The highest BCUT2D eigenvalue weighted by Gasteiger charge is 2.35. The number of halogens is 3. The van der Waals surface area contributed by atoms with Gasteiger partial charge < -0.3 is 10.2 Å². The molecule has 0 radical (unpaired) electrons. The van der Waals surface area contributed by atoms with Gasteiger partial charge in [-0.15, -0.1) is 0 Å². The second-order valence-corrected chi connectivity index (χ2v) is 13.6. The highest BCUT2D eigenvalue weighted by Crippen LogP contribution is 2.35. The Morgan fingerprint density at radius 2 is 1.51 bits per heavy atom. The summed E-state index contributed by atoms with van der Waals surface area (Å²) in [5.74, 6) is -0.973. The molecule has 2 amide bonds. The van der Waals surface area contributed by atoms with Crippen molar-refractivity contribution in [2.45, 2.75) is 44.2 Å². The quantitative estimate of drug-likeness (QED) is 0.160. The normalized spacial score (nSPS) is 11.9. The number of nitrogens with one attached hydrogen (secondary N) is 1. The van der Waals surface area contributed by atoms with Crippen LogP contribution in [0.4, 0.5) is 5.69 Å². The summed E-state index contributed by atoms with van der Waals surface area (Å²) in [7, 11) is -4.32. The number of amides is 2. The van der Waals surface area contributed by atoms with E-state index in [0.717, 1.165) is 15.4 Å². The zero-order chi connectivity index (χ0) is 32.6. The van der Waals surface area contributed by atoms with E-state index in [1.807, 2.05) is 44.2 Å². The number of benzene rings is 4. The lowest BCUT2D eigenvalue weighted by molar-refractivity contribution is -0.140. The molecule has 0 spiro atoms. The van der Waals surface area contributed by atoms with Crippen molar-refractivity contribution >= 4 is 62.3 Å². The number of hydrogen-bond donors (Lipinski definition) is 1. The molecule has 7 nitrogen and oxygen atoms in total. The van der Waals surface area contributed by atoms with Crippen LogP contribution >= 0.6 is 34.8 Å². The number of carbonyl (C=O) groups excluding carboxylic acids is 2. The molecule has 0 aromatic heterocycles. The number of hydrogen-bond acceptors (Lipinski definition) is 4. The van der Waals surface area contributed by atoms with Crippen LogP contribution in [0.1, 0.15) is 30.0 Å². The van der Waals surface area contributed by atoms with Crippen LogP contribution in [-0.4, -0.2) is 44.3 Å². The number of carbonyl (C=O) groups is 2. The van der Waals surface area contributed by atoms with Crippen molar-refractivity contribution in [1.29, 1.82) is 0 Å². The molecule has 11 heteroatoms. The van der Waals surface area contributed by atoms with Crippen LogP contribution in [0.5, 0.6) is 0 Å². The van der Waals surface area contributed by atoms with Gasteiger partial charge in [-0.2, -0.15) is 0 Å². The number of nitrogens with zero attached hydrogens (tertiary/aromatic N) is 2. The molecule has 4 rings (SSSR count). The topological polar surface area (TPSA) is 86.8 Å². The Labute approximate surface area is 279 Å². The highest BCUT2D eigenvalue weighted by atomic mass is 35.5. The third kappa shape index (κ3) is 8.79. The maximum Gasteiger partial charge on any atom is 0.264 e. The maximum absolute atomic E-state index is 14.5. The molecule has 0 saturated carbocycles. The lowest BCUT2D eigenvalue weighted by atomic mass is 10.0. The molecular weight excluding hydrogens is 653 g/mol. The summed E-state index contributed by atoms with van der Waals surface area (Å²) < 4.78 is 29.3. The van der Waals surface area contributed by atoms with Gasteiger partial charge in [0.05, 0.1) is 20.6 Å². The van der Waals surface area contributed by atoms with Gasteiger partial charge in [-0.25, -0.2) is 8.42 Å². The van der Waals surface area contributed by atoms with Gasteiger partial charge in [0, 0.05) is 24.5 Å². The smallest absolute Gasteiger partial charge is 0.264 e. The number of sulfonamides is 1. The highest BCUT2D eigenvalue weighted by molar-refractivity contribution is 7.92. The fourth-order valence-corrected chi connectivity index (χ4v) is 6.87. The van der Waals surface area contributed by atoms with Gasteiger partial charge >= 0.3 is 0 Å². The van der Waals surface area contributed by atoms with Gasteiger partial charge in [-0.1, -0.05) is 108 Å². The molecule has 1 atom stereocenters. The molecule has 45 heavy (non-hydrogen) atoms. The van der Waals surface area contributed by atoms with Crippen molar-refractivity contribution in [3.63, 3.8) is 0 Å². The Hall–Kier alpha value is -3.56. The van der Waals surface area contributed by atoms with E-state index in [1.54, 1.807) is 42.5 Å². The molecular formula is C34H34Cl3N3O4S. The Morgan fingerprint density at radius 1 is 0.844 bits per heavy atom. The summed E-state index contributed by atoms with van der Waals surface area (Å²) in [5, 5.41) is 3.49. The van der Waals surface area contributed by atoms with E-state index in [9.17, 15) is 18.0 Å². The van der Waals surface area contributed by atoms with Crippen molar-refractivity contribution < 1.29 is 18.0 Å². The number of aryl methyl sites for hydroxylation is 1. The molecule has 0 fully saturated rings. The summed E-state index contributed by atoms with van der Waals surface area (Å²) in [6, 6.07) is 26.2. The number of rotatable bonds is 13. The summed E-state index contributed by atoms with van der Waals surface area (Å²) in [6.45, 7) is 3.54. The minimum Gasteiger partial charge on any atom is -0.354 e. The Kier molecular flexibility index (Phi) is 11.9. The zero-order valence-corrected chi connectivity index (χ0v) is 28.0. The zero-order valence-electron chi connectivity index (χ0n) is 24.9. The van der Waals surface area contributed by atoms with E-state index in [4.69, 9.17) is 34.8 Å². The lowest BCUT2D eigenvalue weighted by Crippen LogP contribution is -2.53. The van der Waals surface area contributed by atoms with Crippen LogP contribution in [0, 0.1) is 6.92 Å². The van der Waals surface area contributed by atoms with Crippen molar-refractivity contribution in [2.24, 2.45) is 0 Å². The summed E-state index contributed by atoms with van der Waals surface area (Å²) in [5.41, 5.74) is 2.41. The van der Waals surface area contributed by atoms with Crippen LogP contribution in [0.2, 0.25) is 15.1 Å². The Morgan fingerprint density at radius 3 is 2.18 bits per heavy atom. The van der Waals surface area contributed by atoms with Crippen LogP contribution < -0.4 is 9.62 Å². The lowest BCUT2D eigenvalue weighted by Gasteiger charge is -2.34. The molecule has 1 N–H and O–H groups in total. The van der Waals surface area contributed by atoms with E-state index in [0.29, 0.717) is 23.6 Å². The van der Waals surface area contributed by atoms with Crippen molar-refractivity contribution in [2.75, 3.05) is 17.4 Å². The fraction of sp³-hybridized carbons (Fsp3) is 0.235. The largest absolute Gasteiger partial charge is 0.354 e. The molecule has 0 unspecified atom stereocenters. The van der Waals surface area contributed by atoms with Gasteiger partial charge in [-0.05, 0) is 60.9 Å². The summed E-state index contributed by atoms with van der Waals surface area (Å²) >= 11 is 19.2. The summed E-state index contributed by atoms with van der Waals surface area (Å²) in [4.78, 5) is 29.6. The van der Waals surface area contributed by atoms with E-state index in [1.165, 1.54) is 29.2 Å². The van der Waals surface area contributed by atoms with Crippen molar-refractivity contribution in [3.05, 3.63) is 129 Å². The Balaban J connectivity index is 1.83. The van der Waals surface area contributed by atoms with Crippen LogP contribution in [-0.2, 0) is 32.6 Å². The maximum atomic E-state index is 14.5. The third-order valence-electron chi connectivity index (χ3n) is 7.15. The molecule has 0 bridgehead atoms. The monoisotopic (exact) mass is 685 g/mol. The first-order valence-corrected chi connectivity index (χ1v) is 17.0. The average Bonchev–Trinajstić information content (AvgIpc) is 3.02. The van der Waals surface area contributed by atoms with Gasteiger partial charge in [0.1, 0.15) is 12.6 Å². The van der Waals surface area contributed by atoms with Crippen LogP contribution in [0.15, 0.2) is 102 Å². The average molecular weight is 687 g/mol. The van der Waals surface area contributed by atoms with Crippen molar-refractivity contribution in [3.8, 4) is 0 Å². The second kappa shape index (κ2) is 15.6. The van der Waals surface area contributed by atoms with E-state index < -0.39 is 28.5 Å². The van der Waals surface area contributed by atoms with Crippen molar-refractivity contribution in [1.82, 2.24) is 10.2 Å². The molecule has 0 aliphatic rings. The van der Waals surface area contributed by atoms with Crippen LogP contribution in [0.25, 0.3) is 0 Å². The standard InChI is InChI=1S/C34H34Cl3N3O4S/c1-3-19-38-34(42)31(21-25-9-5-4-6-10-25)39(22-26-11-7-12-27(35)20-26)32(41)23-40(30-14-8-13-29(36)33(30)37)45(43,44)28-17-15-24(2)16-18-28/h4-18,20,31H,3,19,21-23H2,1-2H3,(H,38,42)/t31-/m1/s1. The van der Waals surface area contributed by atoms with Gasteiger partial charge in [0.2, 0.25) is 11.8 Å². The minimum atomic E-state index is -4.32. The molecule has 0 aliphatic carbocycles. The molecule has 0 heterocycles. The summed E-state index contributed by atoms with van der Waals surface area (Å²) in [6.07, 6.45) is 0.896. The SMILES string of the molecule is CCCNC(=O)[C@@H](Cc1ccccc1)N(Cc1cccc(Cl)c1)C(=O)CN(c1cccc(Cl)c1Cl)S(=O)(=O)c1ccc(C)cc1. The fourth-order valence-electron chi connectivity index (χ4n) is 4.79. The van der Waals surface area contributed by atoms with Gasteiger partial charge in [0.25, 0.3) is 10.0 Å². The second-order valence-electron chi connectivity index (χ2n) is 10.5. The molecule has 0 aliphatic heterocycles. The first-order valence-electron chi connectivity index (χ1n) is 14.4. The van der Waals surface area contributed by atoms with Crippen LogP contribution in [0.3, 0.4) is 0 Å². The van der Waals surface area contributed by atoms with Gasteiger partial charge in [0.15, 0.2) is 0 Å². The van der Waals surface area contributed by atoms with E-state index in [2.05, 4.69) is 5.32 Å². The number of anilines is 1.